The molecule has 0 unspecified atom stereocenters. The fourth-order valence-electron chi connectivity index (χ4n) is 1.66. The molecule has 2 N–H and O–H groups in total. The van der Waals surface area contributed by atoms with Gasteiger partial charge in [0.15, 0.2) is 0 Å². The van der Waals surface area contributed by atoms with Crippen LogP contribution < -0.4 is 5.32 Å². The zero-order valence-corrected chi connectivity index (χ0v) is 11.7. The Hall–Kier alpha value is -2.15. The van der Waals surface area contributed by atoms with Crippen molar-refractivity contribution in [2.45, 2.75) is 6.54 Å². The summed E-state index contributed by atoms with van der Waals surface area (Å²) in [5.41, 5.74) is 0.358. The number of rotatable bonds is 4. The highest BCUT2D eigenvalue weighted by atomic mass is 79.9. The van der Waals surface area contributed by atoms with Crippen LogP contribution in [0.25, 0.3) is 0 Å². The fraction of sp³-hybridized carbons (Fsp3) is 0.0769. The SMILES string of the molecule is O=[N+]([O-])c1ccc(F)c(NCc2cccc(Br)c2O)c1. The van der Waals surface area contributed by atoms with Crippen molar-refractivity contribution in [2.75, 3.05) is 5.32 Å². The maximum absolute atomic E-state index is 13.6. The molecule has 0 radical (unpaired) electrons. The zero-order chi connectivity index (χ0) is 14.7. The highest BCUT2D eigenvalue weighted by Gasteiger charge is 2.11. The molecule has 0 bridgehead atoms. The van der Waals surface area contributed by atoms with Gasteiger partial charge in [0.2, 0.25) is 0 Å². The van der Waals surface area contributed by atoms with E-state index in [4.69, 9.17) is 0 Å². The lowest BCUT2D eigenvalue weighted by Gasteiger charge is -2.09. The van der Waals surface area contributed by atoms with Gasteiger partial charge in [0, 0.05) is 24.2 Å². The molecule has 0 aliphatic carbocycles. The fourth-order valence-corrected chi connectivity index (χ4v) is 2.06. The third kappa shape index (κ3) is 3.05. The van der Waals surface area contributed by atoms with Crippen molar-refractivity contribution in [3.63, 3.8) is 0 Å². The van der Waals surface area contributed by atoms with E-state index in [2.05, 4.69) is 21.2 Å². The van der Waals surface area contributed by atoms with Gasteiger partial charge >= 0.3 is 0 Å². The second-order valence-corrected chi connectivity index (χ2v) is 4.88. The van der Waals surface area contributed by atoms with Crippen molar-refractivity contribution >= 4 is 27.3 Å². The molecule has 5 nitrogen and oxygen atoms in total. The zero-order valence-electron chi connectivity index (χ0n) is 10.1. The van der Waals surface area contributed by atoms with Crippen LogP contribution in [0, 0.1) is 15.9 Å². The third-order valence-corrected chi connectivity index (χ3v) is 3.34. The van der Waals surface area contributed by atoms with Crippen LogP contribution >= 0.6 is 15.9 Å². The minimum absolute atomic E-state index is 0.0126. The molecule has 0 aromatic heterocycles. The van der Waals surface area contributed by atoms with Gasteiger partial charge in [0.05, 0.1) is 15.1 Å². The number of hydrogen-bond donors (Lipinski definition) is 2. The number of aromatic hydroxyl groups is 1. The molecule has 0 saturated carbocycles. The molecule has 0 heterocycles. The molecule has 0 aliphatic rings. The molecule has 0 aliphatic heterocycles. The summed E-state index contributed by atoms with van der Waals surface area (Å²) < 4.78 is 14.1. The van der Waals surface area contributed by atoms with Gasteiger partial charge in [-0.1, -0.05) is 12.1 Å². The van der Waals surface area contributed by atoms with Crippen molar-refractivity contribution in [3.05, 3.63) is 62.4 Å². The quantitative estimate of drug-likeness (QED) is 0.655. The predicted octanol–water partition coefficient (Wildman–Crippen LogP) is 3.81. The maximum atomic E-state index is 13.6. The van der Waals surface area contributed by atoms with Crippen molar-refractivity contribution < 1.29 is 14.4 Å². The van der Waals surface area contributed by atoms with E-state index >= 15 is 0 Å². The molecular formula is C13H10BrFN2O3. The third-order valence-electron chi connectivity index (χ3n) is 2.70. The maximum Gasteiger partial charge on any atom is 0.271 e. The summed E-state index contributed by atoms with van der Waals surface area (Å²) >= 11 is 3.18. The van der Waals surface area contributed by atoms with Gasteiger partial charge in [-0.25, -0.2) is 4.39 Å². The number of para-hydroxylation sites is 1. The lowest BCUT2D eigenvalue weighted by Crippen LogP contribution is -2.02. The Morgan fingerprint density at radius 1 is 1.35 bits per heavy atom. The molecule has 2 rings (SSSR count). The molecule has 104 valence electrons. The second-order valence-electron chi connectivity index (χ2n) is 4.02. The van der Waals surface area contributed by atoms with Crippen LogP contribution in [0.2, 0.25) is 0 Å². The van der Waals surface area contributed by atoms with Crippen LogP contribution in [-0.2, 0) is 6.54 Å². The van der Waals surface area contributed by atoms with Crippen LogP contribution in [0.5, 0.6) is 5.75 Å². The molecule has 0 fully saturated rings. The van der Waals surface area contributed by atoms with Gasteiger partial charge in [0.1, 0.15) is 11.6 Å². The molecule has 2 aromatic carbocycles. The Morgan fingerprint density at radius 2 is 2.10 bits per heavy atom. The first-order valence-corrected chi connectivity index (χ1v) is 6.42. The summed E-state index contributed by atoms with van der Waals surface area (Å²) in [6.07, 6.45) is 0. The number of nitro benzene ring substituents is 1. The summed E-state index contributed by atoms with van der Waals surface area (Å²) in [4.78, 5) is 10.1. The standard InChI is InChI=1S/C13H10BrFN2O3/c14-10-3-1-2-8(13(10)18)7-16-12-6-9(17(19)20)4-5-11(12)15/h1-6,16,18H,7H2. The van der Waals surface area contributed by atoms with E-state index in [9.17, 15) is 19.6 Å². The Labute approximate surface area is 122 Å². The van der Waals surface area contributed by atoms with Crippen molar-refractivity contribution in [3.8, 4) is 5.75 Å². The number of nitrogens with zero attached hydrogens (tertiary/aromatic N) is 1. The normalized spacial score (nSPS) is 10.3. The number of phenolic OH excluding ortho intramolecular Hbond substituents is 1. The van der Waals surface area contributed by atoms with Gasteiger partial charge in [-0.3, -0.25) is 10.1 Å². The first-order chi connectivity index (χ1) is 9.49. The van der Waals surface area contributed by atoms with Crippen LogP contribution in [-0.4, -0.2) is 10.0 Å². The Balaban J connectivity index is 2.20. The van der Waals surface area contributed by atoms with Crippen LogP contribution in [0.1, 0.15) is 5.56 Å². The molecular weight excluding hydrogens is 331 g/mol. The van der Waals surface area contributed by atoms with E-state index in [1.54, 1.807) is 18.2 Å². The first kappa shape index (κ1) is 14.3. The minimum atomic E-state index is -0.596. The van der Waals surface area contributed by atoms with Gasteiger partial charge in [-0.2, -0.15) is 0 Å². The molecule has 0 spiro atoms. The molecule has 20 heavy (non-hydrogen) atoms. The van der Waals surface area contributed by atoms with E-state index in [1.807, 2.05) is 0 Å². The van der Waals surface area contributed by atoms with Gasteiger partial charge in [-0.15, -0.1) is 0 Å². The molecule has 0 atom stereocenters. The second kappa shape index (κ2) is 5.87. The Bertz CT molecular complexity index is 664. The number of anilines is 1. The number of non-ortho nitro benzene ring substituents is 1. The topological polar surface area (TPSA) is 75.4 Å². The number of phenols is 1. The summed E-state index contributed by atoms with van der Waals surface area (Å²) in [5, 5.41) is 23.2. The minimum Gasteiger partial charge on any atom is -0.506 e. The number of nitro groups is 1. The van der Waals surface area contributed by atoms with Gasteiger partial charge < -0.3 is 10.4 Å². The van der Waals surface area contributed by atoms with Gasteiger partial charge in [0.25, 0.3) is 5.69 Å². The molecule has 2 aromatic rings. The van der Waals surface area contributed by atoms with Crippen LogP contribution in [0.15, 0.2) is 40.9 Å². The highest BCUT2D eigenvalue weighted by Crippen LogP contribution is 2.28. The van der Waals surface area contributed by atoms with E-state index in [-0.39, 0.29) is 23.7 Å². The summed E-state index contributed by atoms with van der Waals surface area (Å²) in [6.45, 7) is 0.142. The van der Waals surface area contributed by atoms with Crippen LogP contribution in [0.3, 0.4) is 0 Å². The number of hydrogen-bond acceptors (Lipinski definition) is 4. The lowest BCUT2D eigenvalue weighted by atomic mass is 10.2. The van der Waals surface area contributed by atoms with Crippen LogP contribution in [0.4, 0.5) is 15.8 Å². The van der Waals surface area contributed by atoms with Crippen molar-refractivity contribution in [2.24, 2.45) is 0 Å². The van der Waals surface area contributed by atoms with E-state index in [0.717, 1.165) is 18.2 Å². The number of halogens is 2. The summed E-state index contributed by atoms with van der Waals surface area (Å²) in [7, 11) is 0. The summed E-state index contributed by atoms with van der Waals surface area (Å²) in [6, 6.07) is 8.31. The summed E-state index contributed by atoms with van der Waals surface area (Å²) in [5.74, 6) is -0.545. The average molecular weight is 341 g/mol. The van der Waals surface area contributed by atoms with Crippen molar-refractivity contribution in [1.29, 1.82) is 0 Å². The average Bonchev–Trinajstić information content (AvgIpc) is 2.41. The Morgan fingerprint density at radius 3 is 2.80 bits per heavy atom. The lowest BCUT2D eigenvalue weighted by molar-refractivity contribution is -0.384. The van der Waals surface area contributed by atoms with E-state index in [0.29, 0.717) is 10.0 Å². The van der Waals surface area contributed by atoms with Gasteiger partial charge in [-0.05, 0) is 28.1 Å². The highest BCUT2D eigenvalue weighted by molar-refractivity contribution is 9.10. The van der Waals surface area contributed by atoms with E-state index in [1.165, 1.54) is 0 Å². The molecule has 7 heteroatoms. The monoisotopic (exact) mass is 340 g/mol. The van der Waals surface area contributed by atoms with E-state index < -0.39 is 10.7 Å². The van der Waals surface area contributed by atoms with Crippen molar-refractivity contribution in [1.82, 2.24) is 0 Å². The largest absolute Gasteiger partial charge is 0.506 e. The smallest absolute Gasteiger partial charge is 0.271 e. The number of benzene rings is 2. The Kier molecular flexibility index (Phi) is 4.19. The molecule has 0 amide bonds. The first-order valence-electron chi connectivity index (χ1n) is 5.63. The molecule has 0 saturated heterocycles. The predicted molar refractivity (Wildman–Crippen MR) is 76.2 cm³/mol. The number of nitrogens with one attached hydrogen (secondary N) is 1.